The van der Waals surface area contributed by atoms with Crippen LogP contribution in [-0.4, -0.2) is 27.4 Å². The van der Waals surface area contributed by atoms with Crippen molar-refractivity contribution in [3.05, 3.63) is 29.8 Å². The Kier molecular flexibility index (Phi) is 4.21. The molecular formula is C12H17NO4S. The van der Waals surface area contributed by atoms with Crippen molar-refractivity contribution in [2.45, 2.75) is 19.6 Å². The summed E-state index contributed by atoms with van der Waals surface area (Å²) in [6.07, 6.45) is 0.267. The Labute approximate surface area is 107 Å². The molecule has 0 bridgehead atoms. The van der Waals surface area contributed by atoms with Crippen LogP contribution in [0.2, 0.25) is 0 Å². The molecule has 6 heteroatoms. The average Bonchev–Trinajstić information content (AvgIpc) is 2.82. The lowest BCUT2D eigenvalue weighted by molar-refractivity contribution is -0.0441. The van der Waals surface area contributed by atoms with E-state index >= 15 is 0 Å². The third kappa shape index (κ3) is 3.44. The summed E-state index contributed by atoms with van der Waals surface area (Å²) in [5, 5.41) is 0. The van der Waals surface area contributed by atoms with Gasteiger partial charge in [0.25, 0.3) is 0 Å². The Morgan fingerprint density at radius 2 is 1.83 bits per heavy atom. The monoisotopic (exact) mass is 271 g/mol. The van der Waals surface area contributed by atoms with Crippen LogP contribution in [0, 0.1) is 0 Å². The summed E-state index contributed by atoms with van der Waals surface area (Å²) in [7, 11) is -3.23. The number of benzene rings is 1. The molecule has 0 spiro atoms. The Hall–Kier alpha value is -1.11. The summed E-state index contributed by atoms with van der Waals surface area (Å²) in [6.45, 7) is 3.02. The van der Waals surface area contributed by atoms with Gasteiger partial charge in [-0.25, -0.2) is 8.42 Å². The molecule has 1 heterocycles. The number of ether oxygens (including phenoxy) is 2. The maximum Gasteiger partial charge on any atom is 0.232 e. The van der Waals surface area contributed by atoms with Crippen molar-refractivity contribution in [2.24, 2.45) is 0 Å². The summed E-state index contributed by atoms with van der Waals surface area (Å²) < 4.78 is 36.4. The molecule has 5 nitrogen and oxygen atoms in total. The lowest BCUT2D eigenvalue weighted by Gasteiger charge is -2.11. The van der Waals surface area contributed by atoms with Crippen molar-refractivity contribution in [2.75, 3.05) is 23.7 Å². The van der Waals surface area contributed by atoms with Crippen molar-refractivity contribution < 1.29 is 17.9 Å². The molecule has 0 amide bonds. The molecule has 0 aliphatic carbocycles. The van der Waals surface area contributed by atoms with Crippen molar-refractivity contribution >= 4 is 15.7 Å². The van der Waals surface area contributed by atoms with Crippen LogP contribution in [0.4, 0.5) is 5.69 Å². The largest absolute Gasteiger partial charge is 0.346 e. The van der Waals surface area contributed by atoms with Gasteiger partial charge in [0, 0.05) is 11.3 Å². The van der Waals surface area contributed by atoms with Crippen LogP contribution >= 0.6 is 0 Å². The molecule has 0 radical (unpaired) electrons. The van der Waals surface area contributed by atoms with E-state index < -0.39 is 10.0 Å². The van der Waals surface area contributed by atoms with Crippen LogP contribution in [0.1, 0.15) is 25.2 Å². The van der Waals surface area contributed by atoms with E-state index in [-0.39, 0.29) is 12.0 Å². The standard InChI is InChI=1S/C12H17NO4S/c1-2-9-18(14,15)13-11-5-3-10(4-6-11)12-16-7-8-17-12/h3-6,12-13H,2,7-9H2,1H3. The minimum Gasteiger partial charge on any atom is -0.346 e. The first-order valence-electron chi connectivity index (χ1n) is 5.94. The summed E-state index contributed by atoms with van der Waals surface area (Å²) in [4.78, 5) is 0. The fourth-order valence-electron chi connectivity index (χ4n) is 1.76. The van der Waals surface area contributed by atoms with E-state index in [4.69, 9.17) is 9.47 Å². The van der Waals surface area contributed by atoms with E-state index in [2.05, 4.69) is 4.72 Å². The van der Waals surface area contributed by atoms with Crippen LogP contribution < -0.4 is 4.72 Å². The fourth-order valence-corrected chi connectivity index (χ4v) is 2.89. The zero-order chi connectivity index (χ0) is 13.0. The number of hydrogen-bond donors (Lipinski definition) is 1. The number of sulfonamides is 1. The third-order valence-electron chi connectivity index (χ3n) is 2.55. The predicted molar refractivity (Wildman–Crippen MR) is 68.8 cm³/mol. The third-order valence-corrected chi connectivity index (χ3v) is 4.04. The first kappa shape index (κ1) is 13.3. The second-order valence-electron chi connectivity index (χ2n) is 4.12. The Morgan fingerprint density at radius 1 is 1.22 bits per heavy atom. The highest BCUT2D eigenvalue weighted by molar-refractivity contribution is 7.92. The van der Waals surface area contributed by atoms with Gasteiger partial charge in [0.15, 0.2) is 6.29 Å². The first-order valence-corrected chi connectivity index (χ1v) is 7.59. The average molecular weight is 271 g/mol. The van der Waals surface area contributed by atoms with Crippen LogP contribution in [0.5, 0.6) is 0 Å². The summed E-state index contributed by atoms with van der Waals surface area (Å²) >= 11 is 0. The van der Waals surface area contributed by atoms with E-state index in [1.807, 2.05) is 6.92 Å². The molecule has 100 valence electrons. The van der Waals surface area contributed by atoms with Crippen LogP contribution in [0.3, 0.4) is 0 Å². The number of nitrogens with one attached hydrogen (secondary N) is 1. The lowest BCUT2D eigenvalue weighted by Crippen LogP contribution is -2.16. The van der Waals surface area contributed by atoms with Gasteiger partial charge in [0.2, 0.25) is 10.0 Å². The maximum absolute atomic E-state index is 11.6. The number of anilines is 1. The molecule has 1 aliphatic heterocycles. The molecule has 1 aromatic carbocycles. The van der Waals surface area contributed by atoms with Crippen LogP contribution in [-0.2, 0) is 19.5 Å². The number of rotatable bonds is 5. The van der Waals surface area contributed by atoms with E-state index in [1.165, 1.54) is 0 Å². The first-order chi connectivity index (χ1) is 8.61. The molecule has 1 fully saturated rings. The minimum absolute atomic E-state index is 0.129. The molecule has 0 aromatic heterocycles. The van der Waals surface area contributed by atoms with Crippen molar-refractivity contribution in [3.63, 3.8) is 0 Å². The molecular weight excluding hydrogens is 254 g/mol. The van der Waals surface area contributed by atoms with Crippen molar-refractivity contribution in [3.8, 4) is 0 Å². The maximum atomic E-state index is 11.6. The van der Waals surface area contributed by atoms with Crippen LogP contribution in [0.15, 0.2) is 24.3 Å². The highest BCUT2D eigenvalue weighted by Gasteiger charge is 2.18. The summed E-state index contributed by atoms with van der Waals surface area (Å²) in [5.41, 5.74) is 1.45. The molecule has 0 atom stereocenters. The van der Waals surface area contributed by atoms with E-state index in [9.17, 15) is 8.42 Å². The predicted octanol–water partition coefficient (Wildman–Crippen LogP) is 1.88. The van der Waals surface area contributed by atoms with Gasteiger partial charge in [-0.3, -0.25) is 4.72 Å². The highest BCUT2D eigenvalue weighted by Crippen LogP contribution is 2.24. The Balaban J connectivity index is 2.03. The molecule has 2 rings (SSSR count). The van der Waals surface area contributed by atoms with Crippen molar-refractivity contribution in [1.82, 2.24) is 0 Å². The highest BCUT2D eigenvalue weighted by atomic mass is 32.2. The lowest BCUT2D eigenvalue weighted by atomic mass is 10.2. The molecule has 1 saturated heterocycles. The van der Waals surface area contributed by atoms with Crippen LogP contribution in [0.25, 0.3) is 0 Å². The zero-order valence-corrected chi connectivity index (χ0v) is 11.1. The molecule has 0 saturated carbocycles. The Bertz CT molecular complexity index is 477. The molecule has 1 aliphatic rings. The number of hydrogen-bond acceptors (Lipinski definition) is 4. The molecule has 0 unspecified atom stereocenters. The minimum atomic E-state index is -3.23. The zero-order valence-electron chi connectivity index (χ0n) is 10.3. The van der Waals surface area contributed by atoms with Gasteiger partial charge in [-0.1, -0.05) is 19.1 Å². The summed E-state index contributed by atoms with van der Waals surface area (Å²) in [6, 6.07) is 7.04. The Morgan fingerprint density at radius 3 is 2.39 bits per heavy atom. The SMILES string of the molecule is CCCS(=O)(=O)Nc1ccc(C2OCCO2)cc1. The normalized spacial score (nSPS) is 16.9. The van der Waals surface area contributed by atoms with E-state index in [1.54, 1.807) is 24.3 Å². The summed E-state index contributed by atoms with van der Waals surface area (Å²) in [5.74, 6) is 0.129. The van der Waals surface area contributed by atoms with E-state index in [0.717, 1.165) is 5.56 Å². The van der Waals surface area contributed by atoms with Gasteiger partial charge in [0.1, 0.15) is 0 Å². The fraction of sp³-hybridized carbons (Fsp3) is 0.500. The van der Waals surface area contributed by atoms with Gasteiger partial charge in [-0.05, 0) is 18.6 Å². The second-order valence-corrected chi connectivity index (χ2v) is 5.96. The van der Waals surface area contributed by atoms with E-state index in [0.29, 0.717) is 25.3 Å². The van der Waals surface area contributed by atoms with Gasteiger partial charge in [-0.15, -0.1) is 0 Å². The van der Waals surface area contributed by atoms with Gasteiger partial charge < -0.3 is 9.47 Å². The molecule has 1 aromatic rings. The van der Waals surface area contributed by atoms with Gasteiger partial charge in [-0.2, -0.15) is 0 Å². The topological polar surface area (TPSA) is 64.6 Å². The molecule has 18 heavy (non-hydrogen) atoms. The smallest absolute Gasteiger partial charge is 0.232 e. The quantitative estimate of drug-likeness (QED) is 0.888. The van der Waals surface area contributed by atoms with Crippen molar-refractivity contribution in [1.29, 1.82) is 0 Å². The molecule has 1 N–H and O–H groups in total. The van der Waals surface area contributed by atoms with Gasteiger partial charge in [0.05, 0.1) is 19.0 Å². The van der Waals surface area contributed by atoms with Gasteiger partial charge >= 0.3 is 0 Å². The second kappa shape index (κ2) is 5.69.